The Labute approximate surface area is 140 Å². The number of hydrogen-bond donors (Lipinski definition) is 2. The van der Waals surface area contributed by atoms with Crippen LogP contribution >= 0.6 is 0 Å². The molecule has 1 saturated heterocycles. The molecule has 2 aliphatic rings. The fourth-order valence-corrected chi connectivity index (χ4v) is 3.21. The second kappa shape index (κ2) is 7.57. The van der Waals surface area contributed by atoms with Crippen molar-refractivity contribution in [2.75, 3.05) is 26.3 Å². The van der Waals surface area contributed by atoms with Crippen molar-refractivity contribution >= 4 is 11.8 Å². The van der Waals surface area contributed by atoms with Gasteiger partial charge in [0.25, 0.3) is 0 Å². The van der Waals surface area contributed by atoms with E-state index in [-0.39, 0.29) is 29.7 Å². The molecule has 0 bridgehead atoms. The second-order valence-electron chi connectivity index (χ2n) is 6.19. The minimum atomic E-state index is -0.351. The predicted molar refractivity (Wildman–Crippen MR) is 85.7 cm³/mol. The van der Waals surface area contributed by atoms with Crippen LogP contribution in [0.25, 0.3) is 0 Å². The van der Waals surface area contributed by atoms with Gasteiger partial charge in [0.05, 0.1) is 31.1 Å². The average molecular weight is 333 g/mol. The smallest absolute Gasteiger partial charge is 0.226 e. The molecule has 0 spiro atoms. The number of H-pyrrole nitrogens is 1. The lowest BCUT2D eigenvalue weighted by molar-refractivity contribution is -0.145. The zero-order chi connectivity index (χ0) is 16.9. The molecule has 130 valence electrons. The number of rotatable bonds is 4. The van der Waals surface area contributed by atoms with Crippen LogP contribution in [0.1, 0.15) is 31.6 Å². The quantitative estimate of drug-likeness (QED) is 0.778. The third-order valence-corrected chi connectivity index (χ3v) is 4.61. The molecule has 3 rings (SSSR count). The molecule has 1 aromatic rings. The molecule has 1 fully saturated rings. The fourth-order valence-electron chi connectivity index (χ4n) is 3.21. The molecule has 2 heterocycles. The van der Waals surface area contributed by atoms with E-state index >= 15 is 0 Å². The summed E-state index contributed by atoms with van der Waals surface area (Å²) in [6.07, 6.45) is 6.56. The number of ether oxygens (including phenoxy) is 1. The van der Waals surface area contributed by atoms with Gasteiger partial charge in [0, 0.05) is 13.1 Å². The molecule has 2 N–H and O–H groups in total. The third-order valence-electron chi connectivity index (χ3n) is 4.61. The van der Waals surface area contributed by atoms with E-state index in [9.17, 15) is 9.59 Å². The van der Waals surface area contributed by atoms with Crippen LogP contribution in [0.2, 0.25) is 0 Å². The summed E-state index contributed by atoms with van der Waals surface area (Å²) in [5, 5.41) is 9.49. The lowest BCUT2D eigenvalue weighted by Gasteiger charge is -2.34. The van der Waals surface area contributed by atoms with Crippen LogP contribution in [-0.2, 0) is 14.3 Å². The van der Waals surface area contributed by atoms with Crippen LogP contribution in [0.4, 0.5) is 0 Å². The van der Waals surface area contributed by atoms with Crippen LogP contribution in [0.3, 0.4) is 0 Å². The Morgan fingerprint density at radius 1 is 1.29 bits per heavy atom. The summed E-state index contributed by atoms with van der Waals surface area (Å²) in [7, 11) is 0. The standard InChI is InChI=1S/C16H23N5O3/c1-11(14-17-10-18-20-14)19-15(22)12-4-2-3-5-13(12)16(23)21-6-8-24-9-7-21/h2-3,10-13H,4-9H2,1H3,(H,19,22)(H,17,18,20). The van der Waals surface area contributed by atoms with E-state index in [1.165, 1.54) is 6.33 Å². The number of nitrogens with one attached hydrogen (secondary N) is 2. The zero-order valence-corrected chi connectivity index (χ0v) is 13.8. The molecule has 2 amide bonds. The lowest BCUT2D eigenvalue weighted by Crippen LogP contribution is -2.48. The number of carbonyl (C=O) groups is 2. The van der Waals surface area contributed by atoms with E-state index in [1.807, 2.05) is 24.0 Å². The number of aromatic amines is 1. The highest BCUT2D eigenvalue weighted by Gasteiger charge is 2.37. The van der Waals surface area contributed by atoms with Crippen molar-refractivity contribution in [3.63, 3.8) is 0 Å². The normalized spacial score (nSPS) is 25.3. The van der Waals surface area contributed by atoms with E-state index in [4.69, 9.17) is 4.74 Å². The summed E-state index contributed by atoms with van der Waals surface area (Å²) in [6, 6.07) is -0.273. The van der Waals surface area contributed by atoms with Crippen molar-refractivity contribution in [1.29, 1.82) is 0 Å². The molecule has 1 aliphatic heterocycles. The van der Waals surface area contributed by atoms with Crippen LogP contribution in [0.15, 0.2) is 18.5 Å². The Balaban J connectivity index is 1.66. The average Bonchev–Trinajstić information content (AvgIpc) is 3.16. The van der Waals surface area contributed by atoms with Gasteiger partial charge in [-0.1, -0.05) is 12.2 Å². The first-order valence-electron chi connectivity index (χ1n) is 8.34. The summed E-state index contributed by atoms with van der Waals surface area (Å²) in [5.74, 6) is -0.124. The van der Waals surface area contributed by atoms with Gasteiger partial charge in [-0.05, 0) is 19.8 Å². The molecule has 8 heteroatoms. The number of aromatic nitrogens is 3. The Kier molecular flexibility index (Phi) is 5.24. The summed E-state index contributed by atoms with van der Waals surface area (Å²) >= 11 is 0. The summed E-state index contributed by atoms with van der Waals surface area (Å²) in [4.78, 5) is 31.4. The molecule has 0 radical (unpaired) electrons. The molecule has 3 atom stereocenters. The Morgan fingerprint density at radius 2 is 2.00 bits per heavy atom. The maximum Gasteiger partial charge on any atom is 0.226 e. The first-order chi connectivity index (χ1) is 11.7. The minimum Gasteiger partial charge on any atom is -0.378 e. The molecule has 1 aliphatic carbocycles. The van der Waals surface area contributed by atoms with Crippen molar-refractivity contribution in [3.05, 3.63) is 24.3 Å². The number of amides is 2. The van der Waals surface area contributed by atoms with E-state index in [0.717, 1.165) is 0 Å². The van der Waals surface area contributed by atoms with Gasteiger partial charge in [-0.3, -0.25) is 14.7 Å². The highest BCUT2D eigenvalue weighted by molar-refractivity contribution is 5.88. The Hall–Kier alpha value is -2.22. The van der Waals surface area contributed by atoms with Gasteiger partial charge in [-0.15, -0.1) is 0 Å². The van der Waals surface area contributed by atoms with Gasteiger partial charge in [-0.25, -0.2) is 4.98 Å². The van der Waals surface area contributed by atoms with Crippen molar-refractivity contribution < 1.29 is 14.3 Å². The Morgan fingerprint density at radius 3 is 2.67 bits per heavy atom. The van der Waals surface area contributed by atoms with Crippen LogP contribution < -0.4 is 5.32 Å². The molecular weight excluding hydrogens is 310 g/mol. The van der Waals surface area contributed by atoms with E-state index < -0.39 is 0 Å². The van der Waals surface area contributed by atoms with Gasteiger partial charge in [0.15, 0.2) is 0 Å². The predicted octanol–water partition coefficient (Wildman–Crippen LogP) is 0.423. The van der Waals surface area contributed by atoms with Crippen molar-refractivity contribution in [1.82, 2.24) is 25.4 Å². The largest absolute Gasteiger partial charge is 0.378 e. The monoisotopic (exact) mass is 333 g/mol. The highest BCUT2D eigenvalue weighted by Crippen LogP contribution is 2.28. The molecule has 1 aromatic heterocycles. The zero-order valence-electron chi connectivity index (χ0n) is 13.8. The van der Waals surface area contributed by atoms with E-state index in [0.29, 0.717) is 45.0 Å². The van der Waals surface area contributed by atoms with Gasteiger partial charge in [0.1, 0.15) is 12.2 Å². The number of carbonyl (C=O) groups excluding carboxylic acids is 2. The maximum atomic E-state index is 12.8. The maximum absolute atomic E-state index is 12.8. The molecule has 0 aromatic carbocycles. The van der Waals surface area contributed by atoms with Crippen LogP contribution in [0, 0.1) is 11.8 Å². The van der Waals surface area contributed by atoms with Gasteiger partial charge < -0.3 is 15.0 Å². The first-order valence-corrected chi connectivity index (χ1v) is 8.34. The van der Waals surface area contributed by atoms with E-state index in [2.05, 4.69) is 20.5 Å². The second-order valence-corrected chi connectivity index (χ2v) is 6.19. The van der Waals surface area contributed by atoms with Crippen LogP contribution in [0.5, 0.6) is 0 Å². The third kappa shape index (κ3) is 3.64. The molecule has 3 unspecified atom stereocenters. The van der Waals surface area contributed by atoms with Crippen molar-refractivity contribution in [2.45, 2.75) is 25.8 Å². The number of hydrogen-bond acceptors (Lipinski definition) is 5. The number of nitrogens with zero attached hydrogens (tertiary/aromatic N) is 3. The molecule has 8 nitrogen and oxygen atoms in total. The van der Waals surface area contributed by atoms with Gasteiger partial charge in [-0.2, -0.15) is 5.10 Å². The first kappa shape index (κ1) is 16.6. The fraction of sp³-hybridized carbons (Fsp3) is 0.625. The van der Waals surface area contributed by atoms with E-state index in [1.54, 1.807) is 0 Å². The Bertz CT molecular complexity index is 595. The highest BCUT2D eigenvalue weighted by atomic mass is 16.5. The molecule has 24 heavy (non-hydrogen) atoms. The number of morpholine rings is 1. The van der Waals surface area contributed by atoms with Gasteiger partial charge in [0.2, 0.25) is 11.8 Å². The number of allylic oxidation sites excluding steroid dienone is 2. The molecule has 0 saturated carbocycles. The summed E-state index contributed by atoms with van der Waals surface area (Å²) in [6.45, 7) is 4.17. The lowest BCUT2D eigenvalue weighted by atomic mass is 9.81. The van der Waals surface area contributed by atoms with Crippen LogP contribution in [-0.4, -0.2) is 58.2 Å². The topological polar surface area (TPSA) is 100 Å². The van der Waals surface area contributed by atoms with Gasteiger partial charge >= 0.3 is 0 Å². The van der Waals surface area contributed by atoms with Crippen molar-refractivity contribution in [2.24, 2.45) is 11.8 Å². The minimum absolute atomic E-state index is 0.0510. The van der Waals surface area contributed by atoms with Crippen molar-refractivity contribution in [3.8, 4) is 0 Å². The summed E-state index contributed by atoms with van der Waals surface area (Å²) in [5.41, 5.74) is 0. The molecular formula is C16H23N5O3. The summed E-state index contributed by atoms with van der Waals surface area (Å²) < 4.78 is 5.30. The SMILES string of the molecule is CC(NC(=O)C1CC=CCC1C(=O)N1CCOCC1)c1ncn[nH]1.